The number of rotatable bonds is 7. The lowest BCUT2D eigenvalue weighted by atomic mass is 10.1. The summed E-state index contributed by atoms with van der Waals surface area (Å²) in [7, 11) is 1.64. The number of methoxy groups -OCH3 is 1. The van der Waals surface area contributed by atoms with E-state index in [9.17, 15) is 4.79 Å². The summed E-state index contributed by atoms with van der Waals surface area (Å²) in [5, 5.41) is 2.89. The molecule has 122 valence electrons. The molecule has 0 spiro atoms. The number of benzene rings is 2. The molecule has 23 heavy (non-hydrogen) atoms. The van der Waals surface area contributed by atoms with Crippen molar-refractivity contribution in [3.05, 3.63) is 57.7 Å². The molecular weight excluding hydrogens is 405 g/mol. The smallest absolute Gasteiger partial charge is 0.260 e. The third-order valence-corrected chi connectivity index (χ3v) is 4.09. The van der Waals surface area contributed by atoms with Gasteiger partial charge in [0.1, 0.15) is 11.5 Å². The van der Waals surface area contributed by atoms with Gasteiger partial charge < -0.3 is 14.8 Å². The standard InChI is InChI=1S/C18H20INO3/c1-13(23-17-9-5-15(19)6-10-17)18(21)20-12-11-14-3-7-16(22-2)8-4-14/h3-10,13H,11-12H2,1-2H3,(H,20,21). The normalized spacial score (nSPS) is 11.6. The van der Waals surface area contributed by atoms with Crippen LogP contribution in [-0.4, -0.2) is 25.7 Å². The molecule has 0 aliphatic carbocycles. The predicted octanol–water partition coefficient (Wildman–Crippen LogP) is 3.43. The van der Waals surface area contributed by atoms with E-state index in [0.717, 1.165) is 21.3 Å². The first-order chi connectivity index (χ1) is 11.1. The van der Waals surface area contributed by atoms with Gasteiger partial charge in [0, 0.05) is 10.1 Å². The van der Waals surface area contributed by atoms with Gasteiger partial charge >= 0.3 is 0 Å². The van der Waals surface area contributed by atoms with Gasteiger partial charge in [-0.05, 0) is 77.9 Å². The van der Waals surface area contributed by atoms with Crippen LogP contribution in [0.15, 0.2) is 48.5 Å². The average Bonchev–Trinajstić information content (AvgIpc) is 2.57. The van der Waals surface area contributed by atoms with E-state index in [1.54, 1.807) is 14.0 Å². The first kappa shape index (κ1) is 17.6. The first-order valence-corrected chi connectivity index (χ1v) is 8.49. The largest absolute Gasteiger partial charge is 0.497 e. The summed E-state index contributed by atoms with van der Waals surface area (Å²) in [5.74, 6) is 1.41. The molecule has 1 amide bonds. The summed E-state index contributed by atoms with van der Waals surface area (Å²) in [4.78, 5) is 12.0. The van der Waals surface area contributed by atoms with Gasteiger partial charge in [-0.2, -0.15) is 0 Å². The first-order valence-electron chi connectivity index (χ1n) is 7.41. The summed E-state index contributed by atoms with van der Waals surface area (Å²) in [5.41, 5.74) is 1.15. The summed E-state index contributed by atoms with van der Waals surface area (Å²) >= 11 is 2.23. The summed E-state index contributed by atoms with van der Waals surface area (Å²) < 4.78 is 11.9. The lowest BCUT2D eigenvalue weighted by Gasteiger charge is -2.14. The molecule has 1 atom stereocenters. The Morgan fingerprint density at radius 2 is 1.70 bits per heavy atom. The minimum atomic E-state index is -0.522. The van der Waals surface area contributed by atoms with Crippen LogP contribution in [0, 0.1) is 3.57 Å². The van der Waals surface area contributed by atoms with Crippen molar-refractivity contribution in [1.82, 2.24) is 5.32 Å². The lowest BCUT2D eigenvalue weighted by Crippen LogP contribution is -2.37. The van der Waals surface area contributed by atoms with E-state index in [1.165, 1.54) is 0 Å². The molecule has 1 unspecified atom stereocenters. The number of ether oxygens (including phenoxy) is 2. The predicted molar refractivity (Wildman–Crippen MR) is 99.0 cm³/mol. The fourth-order valence-corrected chi connectivity index (χ4v) is 2.40. The Hall–Kier alpha value is -1.76. The fourth-order valence-electron chi connectivity index (χ4n) is 2.04. The topological polar surface area (TPSA) is 47.6 Å². The SMILES string of the molecule is COc1ccc(CCNC(=O)C(C)Oc2ccc(I)cc2)cc1. The van der Waals surface area contributed by atoms with E-state index < -0.39 is 6.10 Å². The number of carbonyl (C=O) groups is 1. The van der Waals surface area contributed by atoms with Crippen molar-refractivity contribution in [3.63, 3.8) is 0 Å². The van der Waals surface area contributed by atoms with Crippen LogP contribution in [-0.2, 0) is 11.2 Å². The molecule has 0 saturated heterocycles. The van der Waals surface area contributed by atoms with E-state index in [1.807, 2.05) is 48.5 Å². The molecule has 0 radical (unpaired) electrons. The van der Waals surface area contributed by atoms with Crippen molar-refractivity contribution in [1.29, 1.82) is 0 Å². The van der Waals surface area contributed by atoms with Crippen molar-refractivity contribution in [2.45, 2.75) is 19.4 Å². The van der Waals surface area contributed by atoms with Crippen molar-refractivity contribution < 1.29 is 14.3 Å². The number of carbonyl (C=O) groups excluding carboxylic acids is 1. The van der Waals surface area contributed by atoms with Gasteiger partial charge in [-0.1, -0.05) is 12.1 Å². The minimum Gasteiger partial charge on any atom is -0.497 e. The number of hydrogen-bond donors (Lipinski definition) is 1. The molecule has 5 heteroatoms. The maximum absolute atomic E-state index is 12.0. The maximum Gasteiger partial charge on any atom is 0.260 e. The number of halogens is 1. The van der Waals surface area contributed by atoms with Crippen LogP contribution in [0.1, 0.15) is 12.5 Å². The summed E-state index contributed by atoms with van der Waals surface area (Å²) in [6, 6.07) is 15.5. The summed E-state index contributed by atoms with van der Waals surface area (Å²) in [6.45, 7) is 2.33. The zero-order valence-corrected chi connectivity index (χ0v) is 15.4. The molecule has 0 saturated carbocycles. The molecular formula is C18H20INO3. The Labute approximate surface area is 150 Å². The fraction of sp³-hybridized carbons (Fsp3) is 0.278. The van der Waals surface area contributed by atoms with Crippen LogP contribution in [0.25, 0.3) is 0 Å². The van der Waals surface area contributed by atoms with Crippen LogP contribution in [0.5, 0.6) is 11.5 Å². The highest BCUT2D eigenvalue weighted by Gasteiger charge is 2.13. The van der Waals surface area contributed by atoms with Gasteiger partial charge in [-0.25, -0.2) is 0 Å². The third-order valence-electron chi connectivity index (χ3n) is 3.37. The third kappa shape index (κ3) is 5.74. The van der Waals surface area contributed by atoms with Crippen LogP contribution in [0.4, 0.5) is 0 Å². The van der Waals surface area contributed by atoms with Gasteiger partial charge in [0.25, 0.3) is 5.91 Å². The van der Waals surface area contributed by atoms with Crippen molar-refractivity contribution in [2.24, 2.45) is 0 Å². The average molecular weight is 425 g/mol. The zero-order valence-electron chi connectivity index (χ0n) is 13.2. The highest BCUT2D eigenvalue weighted by Crippen LogP contribution is 2.15. The molecule has 2 rings (SSSR count). The van der Waals surface area contributed by atoms with Gasteiger partial charge in [-0.3, -0.25) is 4.79 Å². The molecule has 0 aliphatic heterocycles. The van der Waals surface area contributed by atoms with Gasteiger partial charge in [0.15, 0.2) is 6.10 Å². The van der Waals surface area contributed by atoms with Crippen LogP contribution >= 0.6 is 22.6 Å². The molecule has 2 aromatic carbocycles. The van der Waals surface area contributed by atoms with Crippen molar-refractivity contribution in [3.8, 4) is 11.5 Å². The second-order valence-electron chi connectivity index (χ2n) is 5.10. The molecule has 0 aromatic heterocycles. The second kappa shape index (κ2) is 8.76. The number of hydrogen-bond acceptors (Lipinski definition) is 3. The molecule has 0 fully saturated rings. The van der Waals surface area contributed by atoms with Crippen molar-refractivity contribution in [2.75, 3.05) is 13.7 Å². The Kier molecular flexibility index (Phi) is 6.70. The van der Waals surface area contributed by atoms with E-state index in [2.05, 4.69) is 27.9 Å². The highest BCUT2D eigenvalue weighted by atomic mass is 127. The van der Waals surface area contributed by atoms with Crippen LogP contribution in [0.3, 0.4) is 0 Å². The van der Waals surface area contributed by atoms with E-state index in [0.29, 0.717) is 12.3 Å². The highest BCUT2D eigenvalue weighted by molar-refractivity contribution is 14.1. The molecule has 1 N–H and O–H groups in total. The Balaban J connectivity index is 1.75. The molecule has 0 aliphatic rings. The Morgan fingerprint density at radius 1 is 1.09 bits per heavy atom. The maximum atomic E-state index is 12.0. The molecule has 0 heterocycles. The number of nitrogens with one attached hydrogen (secondary N) is 1. The van der Waals surface area contributed by atoms with E-state index >= 15 is 0 Å². The molecule has 4 nitrogen and oxygen atoms in total. The minimum absolute atomic E-state index is 0.114. The molecule has 0 bridgehead atoms. The van der Waals surface area contributed by atoms with Gasteiger partial charge in [-0.15, -0.1) is 0 Å². The quantitative estimate of drug-likeness (QED) is 0.692. The monoisotopic (exact) mass is 425 g/mol. The van der Waals surface area contributed by atoms with Gasteiger partial charge in [0.05, 0.1) is 7.11 Å². The van der Waals surface area contributed by atoms with E-state index in [4.69, 9.17) is 9.47 Å². The van der Waals surface area contributed by atoms with Gasteiger partial charge in [0.2, 0.25) is 0 Å². The summed E-state index contributed by atoms with van der Waals surface area (Å²) in [6.07, 6.45) is 0.248. The Bertz CT molecular complexity index is 626. The Morgan fingerprint density at radius 3 is 2.30 bits per heavy atom. The molecule has 2 aromatic rings. The number of amides is 1. The zero-order chi connectivity index (χ0) is 16.7. The van der Waals surface area contributed by atoms with Crippen molar-refractivity contribution >= 4 is 28.5 Å². The van der Waals surface area contributed by atoms with Crippen LogP contribution < -0.4 is 14.8 Å². The van der Waals surface area contributed by atoms with E-state index in [-0.39, 0.29) is 5.91 Å². The lowest BCUT2D eigenvalue weighted by molar-refractivity contribution is -0.127. The van der Waals surface area contributed by atoms with Crippen LogP contribution in [0.2, 0.25) is 0 Å². The second-order valence-corrected chi connectivity index (χ2v) is 6.35.